The van der Waals surface area contributed by atoms with E-state index in [9.17, 15) is 9.59 Å². The highest BCUT2D eigenvalue weighted by molar-refractivity contribution is 9.11. The van der Waals surface area contributed by atoms with Crippen LogP contribution in [0, 0.1) is 0 Å². The molecular formula is C16H14BrNO4S. The van der Waals surface area contributed by atoms with E-state index in [-0.39, 0.29) is 12.3 Å². The molecule has 0 unspecified atom stereocenters. The zero-order valence-corrected chi connectivity index (χ0v) is 14.6. The van der Waals surface area contributed by atoms with Gasteiger partial charge in [0.15, 0.2) is 0 Å². The van der Waals surface area contributed by atoms with Crippen molar-refractivity contribution in [2.24, 2.45) is 0 Å². The van der Waals surface area contributed by atoms with E-state index in [1.807, 2.05) is 42.5 Å². The fourth-order valence-electron chi connectivity index (χ4n) is 1.67. The molecule has 0 spiro atoms. The van der Waals surface area contributed by atoms with E-state index in [0.29, 0.717) is 0 Å². The molecule has 1 amide bonds. The molecule has 2 rings (SSSR count). The van der Waals surface area contributed by atoms with Gasteiger partial charge >= 0.3 is 12.1 Å². The summed E-state index contributed by atoms with van der Waals surface area (Å²) in [7, 11) is 1.25. The third-order valence-electron chi connectivity index (χ3n) is 2.74. The fraction of sp³-hybridized carbons (Fsp3) is 0.125. The maximum atomic E-state index is 11.9. The lowest BCUT2D eigenvalue weighted by Gasteiger charge is -2.09. The lowest BCUT2D eigenvalue weighted by atomic mass is 10.2. The van der Waals surface area contributed by atoms with Gasteiger partial charge in [0.25, 0.3) is 0 Å². The van der Waals surface area contributed by atoms with Crippen LogP contribution in [0.4, 0.5) is 4.79 Å². The fourth-order valence-corrected chi connectivity index (χ4v) is 3.04. The first-order valence-electron chi connectivity index (χ1n) is 6.61. The van der Waals surface area contributed by atoms with E-state index in [0.717, 1.165) is 14.2 Å². The molecule has 2 aromatic rings. The minimum atomic E-state index is -0.721. The molecule has 0 saturated heterocycles. The monoisotopic (exact) mass is 395 g/mol. The molecule has 1 aromatic carbocycles. The van der Waals surface area contributed by atoms with Crippen LogP contribution in [0.1, 0.15) is 10.4 Å². The topological polar surface area (TPSA) is 64.6 Å². The van der Waals surface area contributed by atoms with Crippen molar-refractivity contribution < 1.29 is 19.1 Å². The third-order valence-corrected chi connectivity index (χ3v) is 4.31. The SMILES string of the molecule is COC(=O)/C(=C/c1ccc(Br)s1)NC(=O)OCc1ccccc1. The van der Waals surface area contributed by atoms with Gasteiger partial charge in [-0.3, -0.25) is 5.32 Å². The molecule has 120 valence electrons. The lowest BCUT2D eigenvalue weighted by molar-refractivity contribution is -0.136. The molecule has 23 heavy (non-hydrogen) atoms. The second-order valence-electron chi connectivity index (χ2n) is 4.38. The molecular weight excluding hydrogens is 382 g/mol. The number of methoxy groups -OCH3 is 1. The Morgan fingerprint density at radius 2 is 1.96 bits per heavy atom. The van der Waals surface area contributed by atoms with Gasteiger partial charge in [-0.15, -0.1) is 11.3 Å². The van der Waals surface area contributed by atoms with Gasteiger partial charge in [0, 0.05) is 4.88 Å². The van der Waals surface area contributed by atoms with E-state index >= 15 is 0 Å². The number of rotatable bonds is 5. The predicted octanol–water partition coefficient (Wildman–Crippen LogP) is 3.95. The predicted molar refractivity (Wildman–Crippen MR) is 91.8 cm³/mol. The van der Waals surface area contributed by atoms with E-state index in [1.54, 1.807) is 0 Å². The van der Waals surface area contributed by atoms with Crippen molar-refractivity contribution >= 4 is 45.4 Å². The van der Waals surface area contributed by atoms with Crippen molar-refractivity contribution in [1.29, 1.82) is 0 Å². The highest BCUT2D eigenvalue weighted by atomic mass is 79.9. The van der Waals surface area contributed by atoms with Crippen LogP contribution in [0.15, 0.2) is 51.9 Å². The molecule has 0 aliphatic carbocycles. The summed E-state index contributed by atoms with van der Waals surface area (Å²) in [6, 6.07) is 12.9. The Morgan fingerprint density at radius 1 is 1.22 bits per heavy atom. The molecule has 0 aliphatic rings. The number of ether oxygens (including phenoxy) is 2. The van der Waals surface area contributed by atoms with Crippen LogP contribution in [0.2, 0.25) is 0 Å². The molecule has 0 saturated carbocycles. The summed E-state index contributed by atoms with van der Waals surface area (Å²) in [5.41, 5.74) is 0.869. The number of alkyl carbamates (subject to hydrolysis) is 1. The molecule has 5 nitrogen and oxygen atoms in total. The largest absolute Gasteiger partial charge is 0.464 e. The Kier molecular flexibility index (Phi) is 6.37. The van der Waals surface area contributed by atoms with Crippen LogP contribution in [-0.4, -0.2) is 19.2 Å². The summed E-state index contributed by atoms with van der Waals surface area (Å²) in [6.45, 7) is 0.117. The first kappa shape index (κ1) is 17.2. The summed E-state index contributed by atoms with van der Waals surface area (Å²) in [5, 5.41) is 2.41. The summed E-state index contributed by atoms with van der Waals surface area (Å²) >= 11 is 4.76. The van der Waals surface area contributed by atoms with E-state index in [2.05, 4.69) is 26.0 Å². The van der Waals surface area contributed by atoms with Crippen LogP contribution in [0.5, 0.6) is 0 Å². The van der Waals surface area contributed by atoms with E-state index < -0.39 is 12.1 Å². The number of hydrogen-bond acceptors (Lipinski definition) is 5. The Balaban J connectivity index is 2.01. The zero-order chi connectivity index (χ0) is 16.7. The number of hydrogen-bond donors (Lipinski definition) is 1. The Bertz CT molecular complexity index is 712. The van der Waals surface area contributed by atoms with Crippen LogP contribution >= 0.6 is 27.3 Å². The number of amides is 1. The minimum Gasteiger partial charge on any atom is -0.464 e. The smallest absolute Gasteiger partial charge is 0.412 e. The summed E-state index contributed by atoms with van der Waals surface area (Å²) < 4.78 is 10.7. The zero-order valence-electron chi connectivity index (χ0n) is 12.2. The lowest BCUT2D eigenvalue weighted by Crippen LogP contribution is -2.28. The van der Waals surface area contributed by atoms with Crippen molar-refractivity contribution in [2.45, 2.75) is 6.61 Å². The second-order valence-corrected chi connectivity index (χ2v) is 6.87. The average Bonchev–Trinajstić information content (AvgIpc) is 2.97. The van der Waals surface area contributed by atoms with Crippen LogP contribution in [-0.2, 0) is 20.9 Å². The summed E-state index contributed by atoms with van der Waals surface area (Å²) in [4.78, 5) is 24.4. The maximum absolute atomic E-state index is 11.9. The number of esters is 1. The van der Waals surface area contributed by atoms with Gasteiger partial charge in [-0.25, -0.2) is 9.59 Å². The first-order valence-corrected chi connectivity index (χ1v) is 8.22. The average molecular weight is 396 g/mol. The van der Waals surface area contributed by atoms with Gasteiger partial charge in [-0.05, 0) is 39.7 Å². The number of carbonyl (C=O) groups is 2. The molecule has 0 radical (unpaired) electrons. The number of benzene rings is 1. The van der Waals surface area contributed by atoms with Crippen molar-refractivity contribution in [2.75, 3.05) is 7.11 Å². The highest BCUT2D eigenvalue weighted by Gasteiger charge is 2.15. The van der Waals surface area contributed by atoms with Gasteiger partial charge in [0.2, 0.25) is 0 Å². The summed E-state index contributed by atoms with van der Waals surface area (Å²) in [5.74, 6) is -0.647. The van der Waals surface area contributed by atoms with E-state index in [1.165, 1.54) is 24.5 Å². The van der Waals surface area contributed by atoms with Crippen LogP contribution in [0.3, 0.4) is 0 Å². The molecule has 0 bridgehead atoms. The third kappa shape index (κ3) is 5.54. The van der Waals surface area contributed by atoms with Gasteiger partial charge in [-0.2, -0.15) is 0 Å². The Morgan fingerprint density at radius 3 is 2.57 bits per heavy atom. The van der Waals surface area contributed by atoms with Gasteiger partial charge in [0.1, 0.15) is 12.3 Å². The standard InChI is InChI=1S/C16H14BrNO4S/c1-21-15(19)13(9-12-7-8-14(17)23-12)18-16(20)22-10-11-5-3-2-4-6-11/h2-9H,10H2,1H3,(H,18,20)/b13-9-. The first-order chi connectivity index (χ1) is 11.1. The number of nitrogens with one attached hydrogen (secondary N) is 1. The molecule has 0 fully saturated rings. The number of carbonyl (C=O) groups excluding carboxylic acids is 2. The van der Waals surface area contributed by atoms with E-state index in [4.69, 9.17) is 4.74 Å². The number of thiophene rings is 1. The molecule has 7 heteroatoms. The quantitative estimate of drug-likeness (QED) is 0.614. The minimum absolute atomic E-state index is 0.0138. The summed E-state index contributed by atoms with van der Waals surface area (Å²) in [6.07, 6.45) is 0.812. The molecule has 1 heterocycles. The maximum Gasteiger partial charge on any atom is 0.412 e. The van der Waals surface area contributed by atoms with Crippen LogP contribution < -0.4 is 5.32 Å². The molecule has 0 atom stereocenters. The van der Waals surface area contributed by atoms with Gasteiger partial charge in [0.05, 0.1) is 10.9 Å². The van der Waals surface area contributed by atoms with Crippen molar-refractivity contribution in [1.82, 2.24) is 5.32 Å². The highest BCUT2D eigenvalue weighted by Crippen LogP contribution is 2.24. The molecule has 1 N–H and O–H groups in total. The molecule has 1 aromatic heterocycles. The Hall–Kier alpha value is -2.12. The second kappa shape index (κ2) is 8.50. The van der Waals surface area contributed by atoms with Gasteiger partial charge in [-0.1, -0.05) is 30.3 Å². The Labute approximate surface area is 146 Å². The van der Waals surface area contributed by atoms with Crippen molar-refractivity contribution in [3.05, 3.63) is 62.4 Å². The van der Waals surface area contributed by atoms with Gasteiger partial charge < -0.3 is 9.47 Å². The van der Waals surface area contributed by atoms with Crippen molar-refractivity contribution in [3.63, 3.8) is 0 Å². The molecule has 0 aliphatic heterocycles. The normalized spacial score (nSPS) is 11.0. The van der Waals surface area contributed by atoms with Crippen molar-refractivity contribution in [3.8, 4) is 0 Å². The van der Waals surface area contributed by atoms with Crippen LogP contribution in [0.25, 0.3) is 6.08 Å². The number of halogens is 1.